The Balaban J connectivity index is 1.47. The van der Waals surface area contributed by atoms with Crippen molar-refractivity contribution in [3.63, 3.8) is 0 Å². The zero-order valence-electron chi connectivity index (χ0n) is 10.7. The Kier molecular flexibility index (Phi) is 4.78. The van der Waals surface area contributed by atoms with Gasteiger partial charge >= 0.3 is 0 Å². The Labute approximate surface area is 104 Å². The molecule has 2 unspecified atom stereocenters. The van der Waals surface area contributed by atoms with Crippen molar-refractivity contribution < 1.29 is 4.74 Å². The van der Waals surface area contributed by atoms with Crippen LogP contribution in [0.1, 0.15) is 26.2 Å². The lowest BCUT2D eigenvalue weighted by Gasteiger charge is -2.15. The molecule has 0 aromatic carbocycles. The molecule has 96 valence electrons. The van der Waals surface area contributed by atoms with Crippen LogP contribution < -0.4 is 5.32 Å². The van der Waals surface area contributed by atoms with Gasteiger partial charge in [-0.2, -0.15) is 5.26 Å². The van der Waals surface area contributed by atoms with Crippen LogP contribution in [0.25, 0.3) is 0 Å². The van der Waals surface area contributed by atoms with Gasteiger partial charge in [0.1, 0.15) is 6.10 Å². The average molecular weight is 237 g/mol. The second-order valence-electron chi connectivity index (χ2n) is 5.23. The van der Waals surface area contributed by atoms with Crippen molar-refractivity contribution in [2.24, 2.45) is 5.92 Å². The highest BCUT2D eigenvalue weighted by Gasteiger charge is 2.33. The third-order valence-electron chi connectivity index (χ3n) is 3.64. The fourth-order valence-electron chi connectivity index (χ4n) is 2.45. The molecule has 0 aromatic rings. The van der Waals surface area contributed by atoms with Crippen molar-refractivity contribution in [3.05, 3.63) is 0 Å². The molecule has 0 spiro atoms. The van der Waals surface area contributed by atoms with E-state index in [2.05, 4.69) is 16.3 Å². The van der Waals surface area contributed by atoms with E-state index in [9.17, 15) is 0 Å². The normalized spacial score (nSPS) is 26.9. The minimum Gasteiger partial charge on any atom is -0.362 e. The number of nitrogens with one attached hydrogen (secondary N) is 1. The topological polar surface area (TPSA) is 48.3 Å². The fraction of sp³-hybridized carbons (Fsp3) is 0.923. The second-order valence-corrected chi connectivity index (χ2v) is 5.23. The number of nitriles is 1. The van der Waals surface area contributed by atoms with Crippen LogP contribution in [0.4, 0.5) is 0 Å². The Bertz CT molecular complexity index is 272. The third kappa shape index (κ3) is 4.27. The molecule has 2 atom stereocenters. The standard InChI is InChI=1S/C13H23N3O/c1-11(8-14)17-7-5-15-9-12-4-6-16(10-12)13-2-3-13/h11-13,15H,2-7,9-10H2,1H3. The zero-order chi connectivity index (χ0) is 12.1. The summed E-state index contributed by atoms with van der Waals surface area (Å²) in [6.07, 6.45) is 3.88. The van der Waals surface area contributed by atoms with Crippen LogP contribution in [0.3, 0.4) is 0 Å². The molecule has 2 rings (SSSR count). The summed E-state index contributed by atoms with van der Waals surface area (Å²) in [5.74, 6) is 0.809. The van der Waals surface area contributed by atoms with Gasteiger partial charge in [0.05, 0.1) is 12.7 Å². The predicted octanol–water partition coefficient (Wildman–Crippen LogP) is 0.989. The van der Waals surface area contributed by atoms with E-state index in [0.29, 0.717) is 6.61 Å². The van der Waals surface area contributed by atoms with Crippen molar-refractivity contribution in [1.29, 1.82) is 5.26 Å². The number of ether oxygens (including phenoxy) is 1. The third-order valence-corrected chi connectivity index (χ3v) is 3.64. The van der Waals surface area contributed by atoms with Gasteiger partial charge in [0, 0.05) is 19.1 Å². The van der Waals surface area contributed by atoms with E-state index in [0.717, 1.165) is 25.0 Å². The van der Waals surface area contributed by atoms with Gasteiger partial charge in [-0.3, -0.25) is 0 Å². The molecule has 1 saturated heterocycles. The molecular weight excluding hydrogens is 214 g/mol. The highest BCUT2D eigenvalue weighted by Crippen LogP contribution is 2.31. The van der Waals surface area contributed by atoms with E-state index in [4.69, 9.17) is 10.00 Å². The lowest BCUT2D eigenvalue weighted by atomic mass is 10.1. The van der Waals surface area contributed by atoms with Gasteiger partial charge in [0.25, 0.3) is 0 Å². The molecule has 0 aromatic heterocycles. The number of hydrogen-bond donors (Lipinski definition) is 1. The van der Waals surface area contributed by atoms with Gasteiger partial charge in [0.15, 0.2) is 0 Å². The van der Waals surface area contributed by atoms with E-state index < -0.39 is 0 Å². The number of hydrogen-bond acceptors (Lipinski definition) is 4. The van der Waals surface area contributed by atoms with Crippen molar-refractivity contribution in [3.8, 4) is 6.07 Å². The minimum atomic E-state index is -0.284. The summed E-state index contributed by atoms with van der Waals surface area (Å²) in [5, 5.41) is 12.0. The van der Waals surface area contributed by atoms with Crippen molar-refractivity contribution in [1.82, 2.24) is 10.2 Å². The molecule has 2 fully saturated rings. The molecule has 4 heteroatoms. The van der Waals surface area contributed by atoms with E-state index in [1.807, 2.05) is 0 Å². The van der Waals surface area contributed by atoms with Crippen LogP contribution in [-0.4, -0.2) is 49.8 Å². The maximum atomic E-state index is 8.55. The first-order chi connectivity index (χ1) is 8.29. The molecule has 0 radical (unpaired) electrons. The van der Waals surface area contributed by atoms with Gasteiger partial charge in [-0.05, 0) is 45.2 Å². The van der Waals surface area contributed by atoms with Crippen LogP contribution >= 0.6 is 0 Å². The lowest BCUT2D eigenvalue weighted by Crippen LogP contribution is -2.30. The summed E-state index contributed by atoms with van der Waals surface area (Å²) < 4.78 is 5.29. The van der Waals surface area contributed by atoms with Crippen LogP contribution in [0.5, 0.6) is 0 Å². The average Bonchev–Trinajstić information content (AvgIpc) is 3.09. The molecule has 17 heavy (non-hydrogen) atoms. The second kappa shape index (κ2) is 6.34. The molecular formula is C13H23N3O. The summed E-state index contributed by atoms with van der Waals surface area (Å²) in [6, 6.07) is 2.98. The Morgan fingerprint density at radius 1 is 1.47 bits per heavy atom. The van der Waals surface area contributed by atoms with Gasteiger partial charge < -0.3 is 15.0 Å². The summed E-state index contributed by atoms with van der Waals surface area (Å²) in [7, 11) is 0. The van der Waals surface area contributed by atoms with Crippen molar-refractivity contribution >= 4 is 0 Å². The quantitative estimate of drug-likeness (QED) is 0.671. The highest BCUT2D eigenvalue weighted by atomic mass is 16.5. The summed E-state index contributed by atoms with van der Waals surface area (Å²) >= 11 is 0. The summed E-state index contributed by atoms with van der Waals surface area (Å²) in [4.78, 5) is 2.64. The molecule has 1 saturated carbocycles. The fourth-order valence-corrected chi connectivity index (χ4v) is 2.45. The van der Waals surface area contributed by atoms with Crippen LogP contribution in [0.2, 0.25) is 0 Å². The Morgan fingerprint density at radius 3 is 3.00 bits per heavy atom. The van der Waals surface area contributed by atoms with Crippen molar-refractivity contribution in [2.45, 2.75) is 38.3 Å². The van der Waals surface area contributed by atoms with Gasteiger partial charge in [-0.15, -0.1) is 0 Å². The zero-order valence-corrected chi connectivity index (χ0v) is 10.7. The highest BCUT2D eigenvalue weighted by molar-refractivity contribution is 4.89. The predicted molar refractivity (Wildman–Crippen MR) is 66.6 cm³/mol. The first kappa shape index (κ1) is 12.8. The largest absolute Gasteiger partial charge is 0.362 e. The lowest BCUT2D eigenvalue weighted by molar-refractivity contribution is 0.103. The number of rotatable bonds is 7. The van der Waals surface area contributed by atoms with Gasteiger partial charge in [-0.1, -0.05) is 0 Å². The molecule has 1 heterocycles. The van der Waals surface area contributed by atoms with E-state index >= 15 is 0 Å². The van der Waals surface area contributed by atoms with E-state index in [1.165, 1.54) is 32.4 Å². The van der Waals surface area contributed by atoms with Gasteiger partial charge in [-0.25, -0.2) is 0 Å². The smallest absolute Gasteiger partial charge is 0.141 e. The maximum absolute atomic E-state index is 8.55. The molecule has 4 nitrogen and oxygen atoms in total. The molecule has 1 aliphatic heterocycles. The first-order valence-electron chi connectivity index (χ1n) is 6.75. The SMILES string of the molecule is CC(C#N)OCCNCC1CCN(C2CC2)C1. The molecule has 1 N–H and O–H groups in total. The Morgan fingerprint density at radius 2 is 2.29 bits per heavy atom. The molecule has 1 aliphatic carbocycles. The summed E-state index contributed by atoms with van der Waals surface area (Å²) in [6.45, 7) is 6.92. The molecule has 0 amide bonds. The monoisotopic (exact) mass is 237 g/mol. The molecule has 0 bridgehead atoms. The van der Waals surface area contributed by atoms with Crippen LogP contribution in [-0.2, 0) is 4.74 Å². The minimum absolute atomic E-state index is 0.284. The van der Waals surface area contributed by atoms with E-state index in [1.54, 1.807) is 6.92 Å². The van der Waals surface area contributed by atoms with Crippen LogP contribution in [0.15, 0.2) is 0 Å². The first-order valence-corrected chi connectivity index (χ1v) is 6.75. The molecule has 2 aliphatic rings. The van der Waals surface area contributed by atoms with Crippen molar-refractivity contribution in [2.75, 3.05) is 32.8 Å². The summed E-state index contributed by atoms with van der Waals surface area (Å²) in [5.41, 5.74) is 0. The Hall–Kier alpha value is -0.630. The van der Waals surface area contributed by atoms with E-state index in [-0.39, 0.29) is 6.10 Å². The maximum Gasteiger partial charge on any atom is 0.141 e. The van der Waals surface area contributed by atoms with Crippen LogP contribution in [0, 0.1) is 17.2 Å². The number of likely N-dealkylation sites (tertiary alicyclic amines) is 1. The number of nitrogens with zero attached hydrogens (tertiary/aromatic N) is 2. The van der Waals surface area contributed by atoms with Gasteiger partial charge in [0.2, 0.25) is 0 Å².